The van der Waals surface area contributed by atoms with Gasteiger partial charge in [0, 0.05) is 17.5 Å². The third-order valence-corrected chi connectivity index (χ3v) is 4.66. The number of hydrogen-bond donors (Lipinski definition) is 1. The number of benzene rings is 1. The molecular weight excluding hydrogens is 266 g/mol. The Kier molecular flexibility index (Phi) is 4.89. The average Bonchev–Trinajstić information content (AvgIpc) is 2.67. The van der Waals surface area contributed by atoms with Crippen molar-refractivity contribution in [2.45, 2.75) is 43.0 Å². The molecule has 0 spiro atoms. The van der Waals surface area contributed by atoms with Gasteiger partial charge in [-0.25, -0.2) is 0 Å². The first-order valence-electron chi connectivity index (χ1n) is 7.03. The Morgan fingerprint density at radius 1 is 1.25 bits per heavy atom. The first-order valence-corrected chi connectivity index (χ1v) is 7.85. The Labute approximate surface area is 125 Å². The fourth-order valence-corrected chi connectivity index (χ4v) is 3.31. The fourth-order valence-electron chi connectivity index (χ4n) is 2.27. The normalized spacial score (nSPS) is 11.3. The van der Waals surface area contributed by atoms with Crippen LogP contribution in [0.25, 0.3) is 0 Å². The van der Waals surface area contributed by atoms with Crippen molar-refractivity contribution in [3.05, 3.63) is 41.1 Å². The molecule has 0 aliphatic rings. The molecule has 2 N–H and O–H groups in total. The summed E-state index contributed by atoms with van der Waals surface area (Å²) in [7, 11) is 2.00. The zero-order valence-electron chi connectivity index (χ0n) is 12.7. The van der Waals surface area contributed by atoms with E-state index >= 15 is 0 Å². The average molecular weight is 289 g/mol. The molecule has 20 heavy (non-hydrogen) atoms. The molecule has 0 radical (unpaired) electrons. The van der Waals surface area contributed by atoms with Crippen LogP contribution in [0.15, 0.2) is 34.2 Å². The van der Waals surface area contributed by atoms with Crippen LogP contribution in [0.1, 0.15) is 36.6 Å². The summed E-state index contributed by atoms with van der Waals surface area (Å²) in [5.41, 5.74) is 9.43. The number of hydrogen-bond acceptors (Lipinski definition) is 3. The standard InChI is InChI=1S/C16H23N3S/c1-11(2)13-5-7-14(8-6-13)20-16-15(9-10-17)12(3)18-19(16)4/h5-8,11H,9-10,17H2,1-4H3. The maximum atomic E-state index is 5.71. The lowest BCUT2D eigenvalue weighted by Gasteiger charge is -2.08. The van der Waals surface area contributed by atoms with Crippen LogP contribution in [0.4, 0.5) is 0 Å². The third-order valence-electron chi connectivity index (χ3n) is 3.44. The molecule has 1 aromatic heterocycles. The van der Waals surface area contributed by atoms with E-state index in [0.717, 1.165) is 12.1 Å². The molecule has 3 nitrogen and oxygen atoms in total. The van der Waals surface area contributed by atoms with Gasteiger partial charge in [0.25, 0.3) is 0 Å². The summed E-state index contributed by atoms with van der Waals surface area (Å²) >= 11 is 1.77. The van der Waals surface area contributed by atoms with Crippen molar-refractivity contribution in [3.8, 4) is 0 Å². The van der Waals surface area contributed by atoms with E-state index < -0.39 is 0 Å². The number of nitrogens with zero attached hydrogens (tertiary/aromatic N) is 2. The summed E-state index contributed by atoms with van der Waals surface area (Å²) in [5.74, 6) is 0.570. The van der Waals surface area contributed by atoms with E-state index in [1.807, 2.05) is 11.7 Å². The zero-order valence-corrected chi connectivity index (χ0v) is 13.5. The van der Waals surface area contributed by atoms with Gasteiger partial charge in [-0.05, 0) is 43.5 Å². The van der Waals surface area contributed by atoms with Gasteiger partial charge in [-0.15, -0.1) is 0 Å². The Hall–Kier alpha value is -1.26. The van der Waals surface area contributed by atoms with Gasteiger partial charge < -0.3 is 5.73 Å². The molecule has 0 aliphatic carbocycles. The molecule has 0 bridgehead atoms. The molecule has 0 amide bonds. The Morgan fingerprint density at radius 3 is 2.45 bits per heavy atom. The van der Waals surface area contributed by atoms with Crippen molar-refractivity contribution in [2.75, 3.05) is 6.54 Å². The quantitative estimate of drug-likeness (QED) is 0.916. The van der Waals surface area contributed by atoms with Gasteiger partial charge in [-0.1, -0.05) is 37.7 Å². The van der Waals surface area contributed by atoms with Crippen LogP contribution in [-0.2, 0) is 13.5 Å². The smallest absolute Gasteiger partial charge is 0.102 e. The van der Waals surface area contributed by atoms with Gasteiger partial charge >= 0.3 is 0 Å². The second kappa shape index (κ2) is 6.46. The summed E-state index contributed by atoms with van der Waals surface area (Å²) in [4.78, 5) is 1.25. The van der Waals surface area contributed by atoms with Crippen molar-refractivity contribution in [2.24, 2.45) is 12.8 Å². The van der Waals surface area contributed by atoms with Crippen LogP contribution in [0, 0.1) is 6.92 Å². The lowest BCUT2D eigenvalue weighted by Crippen LogP contribution is -2.04. The van der Waals surface area contributed by atoms with E-state index in [4.69, 9.17) is 5.73 Å². The maximum absolute atomic E-state index is 5.71. The highest BCUT2D eigenvalue weighted by Crippen LogP contribution is 2.32. The van der Waals surface area contributed by atoms with Crippen molar-refractivity contribution in [1.29, 1.82) is 0 Å². The van der Waals surface area contributed by atoms with Gasteiger partial charge in [-0.3, -0.25) is 4.68 Å². The highest BCUT2D eigenvalue weighted by atomic mass is 32.2. The van der Waals surface area contributed by atoms with Gasteiger partial charge in [-0.2, -0.15) is 5.10 Å². The van der Waals surface area contributed by atoms with Crippen molar-refractivity contribution < 1.29 is 0 Å². The van der Waals surface area contributed by atoms with Crippen LogP contribution in [0.3, 0.4) is 0 Å². The predicted molar refractivity (Wildman–Crippen MR) is 85.4 cm³/mol. The summed E-state index contributed by atoms with van der Waals surface area (Å²) in [5, 5.41) is 5.71. The zero-order chi connectivity index (χ0) is 14.7. The molecule has 0 saturated carbocycles. The Balaban J connectivity index is 2.25. The second-order valence-electron chi connectivity index (χ2n) is 5.36. The molecule has 2 rings (SSSR count). The van der Waals surface area contributed by atoms with Crippen LogP contribution < -0.4 is 5.73 Å². The van der Waals surface area contributed by atoms with Crippen molar-refractivity contribution in [3.63, 3.8) is 0 Å². The molecule has 2 aromatic rings. The fraction of sp³-hybridized carbons (Fsp3) is 0.438. The minimum Gasteiger partial charge on any atom is -0.330 e. The number of rotatable bonds is 5. The molecule has 0 aliphatic heterocycles. The lowest BCUT2D eigenvalue weighted by atomic mass is 10.0. The highest BCUT2D eigenvalue weighted by Gasteiger charge is 2.13. The molecule has 1 heterocycles. The molecule has 0 saturated heterocycles. The molecule has 0 fully saturated rings. The summed E-state index contributed by atoms with van der Waals surface area (Å²) in [6.45, 7) is 7.14. The topological polar surface area (TPSA) is 43.8 Å². The maximum Gasteiger partial charge on any atom is 0.102 e. The van der Waals surface area contributed by atoms with Crippen LogP contribution in [0.2, 0.25) is 0 Å². The Morgan fingerprint density at radius 2 is 1.90 bits per heavy atom. The van der Waals surface area contributed by atoms with Gasteiger partial charge in [0.1, 0.15) is 5.03 Å². The number of nitrogens with two attached hydrogens (primary N) is 1. The number of aromatic nitrogens is 2. The summed E-state index contributed by atoms with van der Waals surface area (Å²) in [6, 6.07) is 8.79. The van der Waals surface area contributed by atoms with Crippen molar-refractivity contribution >= 4 is 11.8 Å². The predicted octanol–water partition coefficient (Wildman–Crippen LogP) is 3.50. The summed E-state index contributed by atoms with van der Waals surface area (Å²) < 4.78 is 1.96. The molecular formula is C16H23N3S. The van der Waals surface area contributed by atoms with Crippen LogP contribution in [0.5, 0.6) is 0 Å². The lowest BCUT2D eigenvalue weighted by molar-refractivity contribution is 0.688. The SMILES string of the molecule is Cc1nn(C)c(Sc2ccc(C(C)C)cc2)c1CCN. The van der Waals surface area contributed by atoms with E-state index in [0.29, 0.717) is 12.5 Å². The van der Waals surface area contributed by atoms with Gasteiger partial charge in [0.2, 0.25) is 0 Å². The highest BCUT2D eigenvalue weighted by molar-refractivity contribution is 7.99. The first kappa shape index (κ1) is 15.1. The molecule has 108 valence electrons. The third kappa shape index (κ3) is 3.25. The van der Waals surface area contributed by atoms with Crippen molar-refractivity contribution in [1.82, 2.24) is 9.78 Å². The molecule has 0 atom stereocenters. The van der Waals surface area contributed by atoms with Gasteiger partial charge in [0.05, 0.1) is 5.69 Å². The summed E-state index contributed by atoms with van der Waals surface area (Å²) in [6.07, 6.45) is 0.881. The molecule has 4 heteroatoms. The van der Waals surface area contributed by atoms with E-state index in [1.165, 1.54) is 21.0 Å². The molecule has 0 unspecified atom stereocenters. The monoisotopic (exact) mass is 289 g/mol. The van der Waals surface area contributed by atoms with E-state index in [-0.39, 0.29) is 0 Å². The van der Waals surface area contributed by atoms with Crippen LogP contribution in [-0.4, -0.2) is 16.3 Å². The van der Waals surface area contributed by atoms with Crippen LogP contribution >= 0.6 is 11.8 Å². The minimum atomic E-state index is 0.570. The first-order chi connectivity index (χ1) is 9.52. The largest absolute Gasteiger partial charge is 0.330 e. The van der Waals surface area contributed by atoms with Gasteiger partial charge in [0.15, 0.2) is 0 Å². The molecule has 1 aromatic carbocycles. The number of aryl methyl sites for hydroxylation is 2. The second-order valence-corrected chi connectivity index (χ2v) is 6.42. The van der Waals surface area contributed by atoms with E-state index in [1.54, 1.807) is 11.8 Å². The van der Waals surface area contributed by atoms with E-state index in [9.17, 15) is 0 Å². The Bertz CT molecular complexity index is 570. The minimum absolute atomic E-state index is 0.570. The van der Waals surface area contributed by atoms with E-state index in [2.05, 4.69) is 50.1 Å².